The second-order valence-corrected chi connectivity index (χ2v) is 9.78. The molecule has 1 aromatic carbocycles. The topological polar surface area (TPSA) is 110 Å². The minimum absolute atomic E-state index is 0.0123. The maximum Gasteiger partial charge on any atom is 0.243 e. The maximum atomic E-state index is 12.6. The predicted octanol–water partition coefficient (Wildman–Crippen LogP) is 0.239. The van der Waals surface area contributed by atoms with Gasteiger partial charge in [0.1, 0.15) is 0 Å². The van der Waals surface area contributed by atoms with Crippen molar-refractivity contribution in [2.75, 3.05) is 13.1 Å². The number of nitrogens with one attached hydrogen (secondary N) is 1. The van der Waals surface area contributed by atoms with Crippen LogP contribution in [0.1, 0.15) is 25.7 Å². The largest absolute Gasteiger partial charge is 0.327 e. The number of nitrogens with two attached hydrogens (primary N) is 1. The van der Waals surface area contributed by atoms with Crippen LogP contribution in [0.4, 0.5) is 0 Å². The van der Waals surface area contributed by atoms with Crippen molar-refractivity contribution in [3.63, 3.8) is 0 Å². The van der Waals surface area contributed by atoms with Crippen molar-refractivity contribution in [3.05, 3.63) is 24.3 Å². The molecule has 1 atom stereocenters. The van der Waals surface area contributed by atoms with Gasteiger partial charge in [-0.05, 0) is 49.9 Å². The normalized spacial score (nSPS) is 23.8. The lowest BCUT2D eigenvalue weighted by Crippen LogP contribution is -2.45. The van der Waals surface area contributed by atoms with Gasteiger partial charge in [0.2, 0.25) is 20.0 Å². The van der Waals surface area contributed by atoms with Crippen LogP contribution >= 0.6 is 0 Å². The SMILES string of the molecule is NC1CCCN(S(=O)(=O)c2ccc(S(=O)(=O)NC3CC3)cc2)C1. The van der Waals surface area contributed by atoms with Crippen LogP contribution in [0.3, 0.4) is 0 Å². The molecule has 0 radical (unpaired) electrons. The van der Waals surface area contributed by atoms with Crippen LogP contribution in [0.2, 0.25) is 0 Å². The molecule has 1 saturated heterocycles. The Bertz CT molecular complexity index is 771. The van der Waals surface area contributed by atoms with E-state index in [0.717, 1.165) is 25.7 Å². The molecular formula is C14H21N3O4S2. The average Bonchev–Trinajstić information content (AvgIpc) is 3.30. The molecule has 23 heavy (non-hydrogen) atoms. The number of hydrogen-bond donors (Lipinski definition) is 2. The second kappa shape index (κ2) is 6.14. The Hall–Kier alpha value is -1.00. The van der Waals surface area contributed by atoms with Crippen molar-refractivity contribution < 1.29 is 16.8 Å². The first-order valence-electron chi connectivity index (χ1n) is 7.67. The van der Waals surface area contributed by atoms with Crippen molar-refractivity contribution in [1.82, 2.24) is 9.03 Å². The lowest BCUT2D eigenvalue weighted by Gasteiger charge is -2.29. The molecule has 2 fully saturated rings. The lowest BCUT2D eigenvalue weighted by atomic mass is 10.1. The lowest BCUT2D eigenvalue weighted by molar-refractivity contribution is 0.316. The minimum Gasteiger partial charge on any atom is -0.327 e. The zero-order valence-electron chi connectivity index (χ0n) is 12.7. The first kappa shape index (κ1) is 16.8. The number of nitrogens with zero attached hydrogens (tertiary/aromatic N) is 1. The summed E-state index contributed by atoms with van der Waals surface area (Å²) in [5, 5.41) is 0. The number of hydrogen-bond acceptors (Lipinski definition) is 5. The van der Waals surface area contributed by atoms with Crippen molar-refractivity contribution in [2.24, 2.45) is 5.73 Å². The van der Waals surface area contributed by atoms with Gasteiger partial charge in [-0.25, -0.2) is 21.6 Å². The molecule has 0 bridgehead atoms. The molecule has 1 unspecified atom stereocenters. The summed E-state index contributed by atoms with van der Waals surface area (Å²) in [5.41, 5.74) is 5.84. The van der Waals surface area contributed by atoms with Crippen LogP contribution in [0.25, 0.3) is 0 Å². The number of benzene rings is 1. The fourth-order valence-electron chi connectivity index (χ4n) is 2.62. The van der Waals surface area contributed by atoms with Gasteiger partial charge in [-0.3, -0.25) is 0 Å². The van der Waals surface area contributed by atoms with E-state index >= 15 is 0 Å². The van der Waals surface area contributed by atoms with Crippen LogP contribution < -0.4 is 10.5 Å². The van der Waals surface area contributed by atoms with Crippen LogP contribution in [0, 0.1) is 0 Å². The van der Waals surface area contributed by atoms with Crippen molar-refractivity contribution in [1.29, 1.82) is 0 Å². The predicted molar refractivity (Wildman–Crippen MR) is 85.8 cm³/mol. The first-order valence-corrected chi connectivity index (χ1v) is 10.6. The van der Waals surface area contributed by atoms with E-state index in [-0.39, 0.29) is 21.9 Å². The van der Waals surface area contributed by atoms with Crippen LogP contribution in [0.15, 0.2) is 34.1 Å². The molecule has 7 nitrogen and oxygen atoms in total. The highest BCUT2D eigenvalue weighted by atomic mass is 32.2. The van der Waals surface area contributed by atoms with E-state index in [1.54, 1.807) is 0 Å². The summed E-state index contributed by atoms with van der Waals surface area (Å²) >= 11 is 0. The monoisotopic (exact) mass is 359 g/mol. The zero-order valence-corrected chi connectivity index (χ0v) is 14.3. The second-order valence-electron chi connectivity index (χ2n) is 6.13. The summed E-state index contributed by atoms with van der Waals surface area (Å²) in [4.78, 5) is 0.177. The molecule has 1 saturated carbocycles. The van der Waals surface area contributed by atoms with E-state index in [9.17, 15) is 16.8 Å². The maximum absolute atomic E-state index is 12.6. The van der Waals surface area contributed by atoms with Crippen molar-refractivity contribution in [3.8, 4) is 0 Å². The fraction of sp³-hybridized carbons (Fsp3) is 0.571. The Morgan fingerprint density at radius 3 is 2.17 bits per heavy atom. The van der Waals surface area contributed by atoms with Gasteiger partial charge in [-0.15, -0.1) is 0 Å². The molecule has 1 heterocycles. The molecule has 1 aromatic rings. The van der Waals surface area contributed by atoms with Crippen LogP contribution in [-0.4, -0.2) is 46.3 Å². The highest BCUT2D eigenvalue weighted by Crippen LogP contribution is 2.24. The summed E-state index contributed by atoms with van der Waals surface area (Å²) in [6, 6.07) is 5.22. The molecule has 0 amide bonds. The molecule has 128 valence electrons. The molecule has 2 aliphatic rings. The molecule has 0 spiro atoms. The van der Waals surface area contributed by atoms with E-state index in [1.165, 1.54) is 28.6 Å². The number of rotatable bonds is 5. The zero-order chi connectivity index (χ0) is 16.7. The van der Waals surface area contributed by atoms with Gasteiger partial charge in [-0.2, -0.15) is 4.31 Å². The Morgan fingerprint density at radius 2 is 1.61 bits per heavy atom. The summed E-state index contributed by atoms with van der Waals surface area (Å²) in [7, 11) is -7.20. The van der Waals surface area contributed by atoms with E-state index in [1.807, 2.05) is 0 Å². The number of sulfonamides is 2. The minimum atomic E-state index is -3.63. The van der Waals surface area contributed by atoms with Gasteiger partial charge < -0.3 is 5.73 Å². The molecule has 0 aromatic heterocycles. The fourth-order valence-corrected chi connectivity index (χ4v) is 5.46. The Labute approximate surface area is 137 Å². The van der Waals surface area contributed by atoms with Crippen LogP contribution in [0.5, 0.6) is 0 Å². The number of piperidine rings is 1. The first-order chi connectivity index (χ1) is 10.8. The van der Waals surface area contributed by atoms with Crippen molar-refractivity contribution in [2.45, 2.75) is 47.6 Å². The van der Waals surface area contributed by atoms with Gasteiger partial charge in [0.25, 0.3) is 0 Å². The Morgan fingerprint density at radius 1 is 1.00 bits per heavy atom. The third-order valence-electron chi connectivity index (χ3n) is 4.09. The highest BCUT2D eigenvalue weighted by Gasteiger charge is 2.30. The van der Waals surface area contributed by atoms with Gasteiger partial charge in [0, 0.05) is 25.2 Å². The standard InChI is InChI=1S/C14H21N3O4S2/c15-11-2-1-9-17(10-11)23(20,21)14-7-5-13(6-8-14)22(18,19)16-12-3-4-12/h5-8,11-12,16H,1-4,9-10,15H2. The quantitative estimate of drug-likeness (QED) is 0.782. The third kappa shape index (κ3) is 3.74. The molecular weight excluding hydrogens is 338 g/mol. The Kier molecular flexibility index (Phi) is 4.49. The van der Waals surface area contributed by atoms with E-state index in [4.69, 9.17) is 5.73 Å². The molecule has 3 rings (SSSR count). The van der Waals surface area contributed by atoms with E-state index < -0.39 is 20.0 Å². The van der Waals surface area contributed by atoms with Gasteiger partial charge in [0.15, 0.2) is 0 Å². The summed E-state index contributed by atoms with van der Waals surface area (Å²) < 4.78 is 53.3. The molecule has 3 N–H and O–H groups in total. The summed E-state index contributed by atoms with van der Waals surface area (Å²) in [5.74, 6) is 0. The Balaban J connectivity index is 1.80. The molecule has 1 aliphatic heterocycles. The summed E-state index contributed by atoms with van der Waals surface area (Å²) in [6.45, 7) is 0.741. The average molecular weight is 359 g/mol. The smallest absolute Gasteiger partial charge is 0.243 e. The van der Waals surface area contributed by atoms with E-state index in [2.05, 4.69) is 4.72 Å². The molecule has 1 aliphatic carbocycles. The van der Waals surface area contributed by atoms with Gasteiger partial charge in [-0.1, -0.05) is 0 Å². The van der Waals surface area contributed by atoms with Gasteiger partial charge in [0.05, 0.1) is 9.79 Å². The molecule has 9 heteroatoms. The highest BCUT2D eigenvalue weighted by molar-refractivity contribution is 7.89. The van der Waals surface area contributed by atoms with E-state index in [0.29, 0.717) is 13.1 Å². The summed E-state index contributed by atoms with van der Waals surface area (Å²) in [6.07, 6.45) is 3.25. The third-order valence-corrected chi connectivity index (χ3v) is 7.51. The van der Waals surface area contributed by atoms with Crippen LogP contribution in [-0.2, 0) is 20.0 Å². The van der Waals surface area contributed by atoms with Gasteiger partial charge >= 0.3 is 0 Å². The van der Waals surface area contributed by atoms with Crippen molar-refractivity contribution >= 4 is 20.0 Å².